The van der Waals surface area contributed by atoms with Crippen LogP contribution in [-0.2, 0) is 16.0 Å². The molecule has 1 fully saturated rings. The van der Waals surface area contributed by atoms with Gasteiger partial charge in [0, 0.05) is 37.5 Å². The number of para-hydroxylation sites is 1. The number of fused-ring (bicyclic) bond motifs is 1. The number of hydrogen-bond donors (Lipinski definition) is 0. The monoisotopic (exact) mass is 451 g/mol. The molecule has 33 heavy (non-hydrogen) atoms. The van der Waals surface area contributed by atoms with E-state index in [9.17, 15) is 4.79 Å². The smallest absolute Gasteiger partial charge is 0.341 e. The Balaban J connectivity index is 1.33. The van der Waals surface area contributed by atoms with Crippen molar-refractivity contribution in [3.05, 3.63) is 60.0 Å². The lowest BCUT2D eigenvalue weighted by Crippen LogP contribution is -2.35. The van der Waals surface area contributed by atoms with Gasteiger partial charge in [-0.15, -0.1) is 0 Å². The van der Waals surface area contributed by atoms with Gasteiger partial charge in [0.1, 0.15) is 17.9 Å². The van der Waals surface area contributed by atoms with Crippen molar-refractivity contribution in [2.24, 2.45) is 0 Å². The first-order chi connectivity index (χ1) is 16.2. The van der Waals surface area contributed by atoms with Crippen LogP contribution in [0.5, 0.6) is 5.75 Å². The third-order valence-electron chi connectivity index (χ3n) is 6.38. The molecule has 0 amide bonds. The minimum Gasteiger partial charge on any atom is -0.491 e. The highest BCUT2D eigenvalue weighted by molar-refractivity contribution is 5.92. The van der Waals surface area contributed by atoms with E-state index in [2.05, 4.69) is 26.7 Å². The topological polar surface area (TPSA) is 65.8 Å². The Morgan fingerprint density at radius 1 is 1.12 bits per heavy atom. The second-order valence-electron chi connectivity index (χ2n) is 8.32. The zero-order valence-corrected chi connectivity index (χ0v) is 19.5. The van der Waals surface area contributed by atoms with Crippen molar-refractivity contribution in [2.45, 2.75) is 32.2 Å². The molecule has 4 rings (SSSR count). The van der Waals surface area contributed by atoms with Crippen molar-refractivity contribution >= 4 is 16.9 Å². The largest absolute Gasteiger partial charge is 0.491 e. The summed E-state index contributed by atoms with van der Waals surface area (Å²) in [5, 5.41) is 1.31. The van der Waals surface area contributed by atoms with E-state index in [1.54, 1.807) is 6.07 Å². The number of piperidine rings is 1. The number of nitrogens with zero attached hydrogens (tertiary/aromatic N) is 3. The maximum Gasteiger partial charge on any atom is 0.341 e. The second kappa shape index (κ2) is 11.3. The zero-order valence-electron chi connectivity index (χ0n) is 19.5. The first kappa shape index (κ1) is 23.3. The van der Waals surface area contributed by atoms with E-state index in [1.165, 1.54) is 23.6 Å². The molecule has 0 unspecified atom stereocenters. The molecular formula is C26H33N3O4. The van der Waals surface area contributed by atoms with Crippen molar-refractivity contribution in [1.29, 1.82) is 0 Å². The molecule has 7 nitrogen and oxygen atoms in total. The Hall–Kier alpha value is -2.90. The zero-order chi connectivity index (χ0) is 23.0. The Morgan fingerprint density at radius 2 is 1.94 bits per heavy atom. The summed E-state index contributed by atoms with van der Waals surface area (Å²) < 4.78 is 18.6. The summed E-state index contributed by atoms with van der Waals surface area (Å²) in [5.41, 5.74) is 3.08. The highest BCUT2D eigenvalue weighted by Crippen LogP contribution is 2.34. The third-order valence-corrected chi connectivity index (χ3v) is 6.38. The van der Waals surface area contributed by atoms with Crippen molar-refractivity contribution in [2.75, 3.05) is 46.6 Å². The Kier molecular flexibility index (Phi) is 7.96. The fourth-order valence-corrected chi connectivity index (χ4v) is 4.61. The number of aromatic nitrogens is 2. The summed E-state index contributed by atoms with van der Waals surface area (Å²) in [5.74, 6) is 0.746. The van der Waals surface area contributed by atoms with E-state index >= 15 is 0 Å². The first-order valence-electron chi connectivity index (χ1n) is 11.7. The van der Waals surface area contributed by atoms with E-state index in [4.69, 9.17) is 14.2 Å². The van der Waals surface area contributed by atoms with Crippen LogP contribution in [0.4, 0.5) is 0 Å². The van der Waals surface area contributed by atoms with Crippen LogP contribution in [0.25, 0.3) is 10.9 Å². The van der Waals surface area contributed by atoms with E-state index in [0.717, 1.165) is 45.6 Å². The SMILES string of the molecule is CCOCCn1cc(C2CCN(CCOc3ccccc3C(=O)OC)CC2)c2ccncc21. The van der Waals surface area contributed by atoms with Gasteiger partial charge >= 0.3 is 5.97 Å². The van der Waals surface area contributed by atoms with Gasteiger partial charge in [-0.05, 0) is 62.5 Å². The van der Waals surface area contributed by atoms with Gasteiger partial charge in [-0.1, -0.05) is 12.1 Å². The normalized spacial score (nSPS) is 15.1. The van der Waals surface area contributed by atoms with E-state index < -0.39 is 0 Å². The average molecular weight is 452 g/mol. The maximum absolute atomic E-state index is 11.9. The van der Waals surface area contributed by atoms with Gasteiger partial charge in [0.05, 0.1) is 25.4 Å². The first-order valence-corrected chi connectivity index (χ1v) is 11.7. The summed E-state index contributed by atoms with van der Waals surface area (Å²) >= 11 is 0. The molecule has 1 aliphatic heterocycles. The van der Waals surface area contributed by atoms with Crippen LogP contribution in [0, 0.1) is 0 Å². The van der Waals surface area contributed by atoms with E-state index in [-0.39, 0.29) is 5.97 Å². The molecule has 3 aromatic rings. The molecule has 0 N–H and O–H groups in total. The molecule has 176 valence electrons. The summed E-state index contributed by atoms with van der Waals surface area (Å²) in [6.45, 7) is 7.76. The van der Waals surface area contributed by atoms with Crippen molar-refractivity contribution < 1.29 is 19.0 Å². The number of carbonyl (C=O) groups is 1. The number of hydrogen-bond acceptors (Lipinski definition) is 6. The third kappa shape index (κ3) is 5.54. The second-order valence-corrected chi connectivity index (χ2v) is 8.32. The number of carbonyl (C=O) groups excluding carboxylic acids is 1. The summed E-state index contributed by atoms with van der Waals surface area (Å²) in [6.07, 6.45) is 8.39. The van der Waals surface area contributed by atoms with Crippen LogP contribution in [0.2, 0.25) is 0 Å². The molecule has 1 aromatic carbocycles. The van der Waals surface area contributed by atoms with Crippen LogP contribution in [0.1, 0.15) is 41.6 Å². The van der Waals surface area contributed by atoms with Crippen LogP contribution >= 0.6 is 0 Å². The standard InChI is InChI=1S/C26H33N3O4/c1-3-32-16-15-29-19-23(21-8-11-27-18-24(21)29)20-9-12-28(13-10-20)14-17-33-25-7-5-4-6-22(25)26(30)31-2/h4-8,11,18-20H,3,9-10,12-17H2,1-2H3. The predicted octanol–water partition coefficient (Wildman–Crippen LogP) is 4.12. The Bertz CT molecular complexity index is 1060. The molecule has 2 aromatic heterocycles. The van der Waals surface area contributed by atoms with Crippen LogP contribution in [-0.4, -0.2) is 67.0 Å². The number of esters is 1. The van der Waals surface area contributed by atoms with E-state index in [1.807, 2.05) is 37.5 Å². The highest BCUT2D eigenvalue weighted by Gasteiger charge is 2.24. The van der Waals surface area contributed by atoms with Gasteiger partial charge in [-0.2, -0.15) is 0 Å². The molecular weight excluding hydrogens is 418 g/mol. The fourth-order valence-electron chi connectivity index (χ4n) is 4.61. The van der Waals surface area contributed by atoms with E-state index in [0.29, 0.717) is 30.4 Å². The van der Waals surface area contributed by atoms with Crippen LogP contribution in [0.15, 0.2) is 48.9 Å². The summed E-state index contributed by atoms with van der Waals surface area (Å²) in [7, 11) is 1.39. The molecule has 1 saturated heterocycles. The summed E-state index contributed by atoms with van der Waals surface area (Å²) in [6, 6.07) is 9.36. The van der Waals surface area contributed by atoms with Crippen LogP contribution in [0.3, 0.4) is 0 Å². The lowest BCUT2D eigenvalue weighted by Gasteiger charge is -2.31. The molecule has 3 heterocycles. The highest BCUT2D eigenvalue weighted by atomic mass is 16.5. The van der Waals surface area contributed by atoms with Gasteiger partial charge < -0.3 is 18.8 Å². The Morgan fingerprint density at radius 3 is 2.73 bits per heavy atom. The van der Waals surface area contributed by atoms with Gasteiger partial charge in [-0.3, -0.25) is 9.88 Å². The minimum absolute atomic E-state index is 0.373. The molecule has 0 aliphatic carbocycles. The number of pyridine rings is 1. The van der Waals surface area contributed by atoms with Crippen LogP contribution < -0.4 is 4.74 Å². The molecule has 0 radical (unpaired) electrons. The molecule has 0 bridgehead atoms. The van der Waals surface area contributed by atoms with Crippen molar-refractivity contribution in [1.82, 2.24) is 14.5 Å². The van der Waals surface area contributed by atoms with Gasteiger partial charge in [0.25, 0.3) is 0 Å². The minimum atomic E-state index is -0.373. The average Bonchev–Trinajstić information content (AvgIpc) is 3.23. The van der Waals surface area contributed by atoms with Crippen molar-refractivity contribution in [3.63, 3.8) is 0 Å². The maximum atomic E-state index is 11.9. The van der Waals surface area contributed by atoms with Gasteiger partial charge in [0.15, 0.2) is 0 Å². The molecule has 0 spiro atoms. The number of methoxy groups -OCH3 is 1. The molecule has 1 aliphatic rings. The molecule has 0 atom stereocenters. The number of benzene rings is 1. The van der Waals surface area contributed by atoms with Gasteiger partial charge in [-0.25, -0.2) is 4.79 Å². The molecule has 0 saturated carbocycles. The van der Waals surface area contributed by atoms with Gasteiger partial charge in [0.2, 0.25) is 0 Å². The summed E-state index contributed by atoms with van der Waals surface area (Å²) in [4.78, 5) is 18.7. The number of likely N-dealkylation sites (tertiary alicyclic amines) is 1. The Labute approximate surface area is 195 Å². The quantitative estimate of drug-likeness (QED) is 0.341. The predicted molar refractivity (Wildman–Crippen MR) is 128 cm³/mol. The number of rotatable bonds is 10. The fraction of sp³-hybridized carbons (Fsp3) is 0.462. The van der Waals surface area contributed by atoms with Crippen molar-refractivity contribution in [3.8, 4) is 5.75 Å². The molecule has 7 heteroatoms. The lowest BCUT2D eigenvalue weighted by molar-refractivity contribution is 0.0595. The lowest BCUT2D eigenvalue weighted by atomic mass is 9.89. The number of ether oxygens (including phenoxy) is 3.